The van der Waals surface area contributed by atoms with Crippen molar-refractivity contribution in [3.05, 3.63) is 69.6 Å². The molecule has 2 aromatic carbocycles. The van der Waals surface area contributed by atoms with Gasteiger partial charge in [-0.3, -0.25) is 0 Å². The molecular formula is C20H20O4. The van der Waals surface area contributed by atoms with E-state index in [1.807, 2.05) is 50.2 Å². The lowest BCUT2D eigenvalue weighted by Crippen LogP contribution is -2.02. The molecule has 0 fully saturated rings. The van der Waals surface area contributed by atoms with Gasteiger partial charge in [0.1, 0.15) is 23.7 Å². The largest absolute Gasteiger partial charge is 0.497 e. The summed E-state index contributed by atoms with van der Waals surface area (Å²) in [6.07, 6.45) is 0.785. The minimum absolute atomic E-state index is 0.324. The van der Waals surface area contributed by atoms with Crippen molar-refractivity contribution in [1.82, 2.24) is 0 Å². The molecule has 0 N–H and O–H groups in total. The average molecular weight is 324 g/mol. The van der Waals surface area contributed by atoms with E-state index in [0.717, 1.165) is 40.0 Å². The van der Waals surface area contributed by atoms with Gasteiger partial charge in [0.15, 0.2) is 0 Å². The molecule has 0 aliphatic rings. The summed E-state index contributed by atoms with van der Waals surface area (Å²) in [5.41, 5.74) is 3.15. The van der Waals surface area contributed by atoms with Crippen LogP contribution in [0.2, 0.25) is 0 Å². The summed E-state index contributed by atoms with van der Waals surface area (Å²) in [4.78, 5) is 11.7. The van der Waals surface area contributed by atoms with E-state index in [-0.39, 0.29) is 5.63 Å². The number of rotatable bonds is 5. The second-order valence-corrected chi connectivity index (χ2v) is 5.65. The van der Waals surface area contributed by atoms with Crippen molar-refractivity contribution in [2.75, 3.05) is 7.11 Å². The summed E-state index contributed by atoms with van der Waals surface area (Å²) in [5, 5.41) is 0.964. The quantitative estimate of drug-likeness (QED) is 0.658. The van der Waals surface area contributed by atoms with E-state index in [1.165, 1.54) is 0 Å². The smallest absolute Gasteiger partial charge is 0.336 e. The summed E-state index contributed by atoms with van der Waals surface area (Å²) in [5.74, 6) is 1.53. The first kappa shape index (κ1) is 16.1. The Morgan fingerprint density at radius 2 is 1.83 bits per heavy atom. The van der Waals surface area contributed by atoms with Crippen LogP contribution in [0.15, 0.2) is 51.7 Å². The van der Waals surface area contributed by atoms with Crippen molar-refractivity contribution in [2.24, 2.45) is 0 Å². The Hall–Kier alpha value is -2.75. The third-order valence-electron chi connectivity index (χ3n) is 4.13. The van der Waals surface area contributed by atoms with Crippen LogP contribution in [-0.4, -0.2) is 7.11 Å². The number of hydrogen-bond acceptors (Lipinski definition) is 4. The first-order valence-corrected chi connectivity index (χ1v) is 7.94. The molecule has 3 rings (SSSR count). The number of aryl methyl sites for hydroxylation is 2. The molecule has 1 heterocycles. The Kier molecular flexibility index (Phi) is 4.56. The number of benzene rings is 2. The van der Waals surface area contributed by atoms with Gasteiger partial charge in [0.05, 0.1) is 7.11 Å². The second-order valence-electron chi connectivity index (χ2n) is 5.65. The highest BCUT2D eigenvalue weighted by Crippen LogP contribution is 2.29. The van der Waals surface area contributed by atoms with Crippen molar-refractivity contribution in [1.29, 1.82) is 0 Å². The highest BCUT2D eigenvalue weighted by Gasteiger charge is 2.11. The number of hydrogen-bond donors (Lipinski definition) is 0. The van der Waals surface area contributed by atoms with Gasteiger partial charge in [0.2, 0.25) is 0 Å². The van der Waals surface area contributed by atoms with Crippen LogP contribution >= 0.6 is 0 Å². The predicted octanol–water partition coefficient (Wildman–Crippen LogP) is 4.25. The van der Waals surface area contributed by atoms with Gasteiger partial charge in [0.25, 0.3) is 0 Å². The van der Waals surface area contributed by atoms with Crippen LogP contribution in [0, 0.1) is 6.92 Å². The first-order chi connectivity index (χ1) is 11.6. The first-order valence-electron chi connectivity index (χ1n) is 7.94. The monoisotopic (exact) mass is 324 g/mol. The molecule has 124 valence electrons. The van der Waals surface area contributed by atoms with Gasteiger partial charge in [-0.2, -0.15) is 0 Å². The molecule has 0 radical (unpaired) electrons. The molecule has 4 nitrogen and oxygen atoms in total. The lowest BCUT2D eigenvalue weighted by Gasteiger charge is -2.12. The van der Waals surface area contributed by atoms with Crippen LogP contribution in [0.3, 0.4) is 0 Å². The van der Waals surface area contributed by atoms with Gasteiger partial charge < -0.3 is 13.9 Å². The zero-order chi connectivity index (χ0) is 17.1. The average Bonchev–Trinajstić information content (AvgIpc) is 2.61. The number of methoxy groups -OCH3 is 1. The van der Waals surface area contributed by atoms with Crippen molar-refractivity contribution in [2.45, 2.75) is 26.9 Å². The van der Waals surface area contributed by atoms with E-state index in [0.29, 0.717) is 12.2 Å². The van der Waals surface area contributed by atoms with Crippen LogP contribution in [0.1, 0.15) is 23.6 Å². The van der Waals surface area contributed by atoms with Crippen LogP contribution in [0.5, 0.6) is 11.5 Å². The molecule has 24 heavy (non-hydrogen) atoms. The van der Waals surface area contributed by atoms with Crippen molar-refractivity contribution in [3.8, 4) is 11.5 Å². The lowest BCUT2D eigenvalue weighted by atomic mass is 10.0. The minimum atomic E-state index is -0.324. The highest BCUT2D eigenvalue weighted by molar-refractivity contribution is 5.84. The summed E-state index contributed by atoms with van der Waals surface area (Å²) in [6.45, 7) is 4.37. The molecule has 0 saturated heterocycles. The number of ether oxygens (including phenoxy) is 2. The topological polar surface area (TPSA) is 48.7 Å². The van der Waals surface area contributed by atoms with Crippen molar-refractivity contribution >= 4 is 11.0 Å². The summed E-state index contributed by atoms with van der Waals surface area (Å²) < 4.78 is 16.5. The number of fused-ring (bicyclic) bond motifs is 1. The van der Waals surface area contributed by atoms with Crippen molar-refractivity contribution in [3.63, 3.8) is 0 Å². The Morgan fingerprint density at radius 3 is 2.50 bits per heavy atom. The van der Waals surface area contributed by atoms with Crippen LogP contribution < -0.4 is 15.1 Å². The van der Waals surface area contributed by atoms with Gasteiger partial charge in [-0.05, 0) is 48.7 Å². The molecular weight excluding hydrogens is 304 g/mol. The molecule has 0 saturated carbocycles. The fourth-order valence-electron chi connectivity index (χ4n) is 2.74. The van der Waals surface area contributed by atoms with E-state index >= 15 is 0 Å². The summed E-state index contributed by atoms with van der Waals surface area (Å²) >= 11 is 0. The zero-order valence-electron chi connectivity index (χ0n) is 14.1. The molecule has 0 atom stereocenters. The lowest BCUT2D eigenvalue weighted by molar-refractivity contribution is 0.303. The second kappa shape index (κ2) is 6.79. The Morgan fingerprint density at radius 1 is 1.08 bits per heavy atom. The normalized spacial score (nSPS) is 10.8. The standard InChI is InChI=1S/C20H20O4/c1-4-15-11-19(21)24-20-13(2)18(10-9-17(15)20)23-12-14-5-7-16(22-3)8-6-14/h5-11H,4,12H2,1-3H3. The van der Waals surface area contributed by atoms with Gasteiger partial charge in [-0.15, -0.1) is 0 Å². The van der Waals surface area contributed by atoms with Gasteiger partial charge >= 0.3 is 5.63 Å². The maximum atomic E-state index is 11.7. The van der Waals surface area contributed by atoms with Crippen LogP contribution in [0.4, 0.5) is 0 Å². The van der Waals surface area contributed by atoms with Gasteiger partial charge in [-0.25, -0.2) is 4.79 Å². The van der Waals surface area contributed by atoms with Gasteiger partial charge in [0, 0.05) is 17.0 Å². The van der Waals surface area contributed by atoms with Crippen molar-refractivity contribution < 1.29 is 13.9 Å². The van der Waals surface area contributed by atoms with E-state index in [2.05, 4.69) is 0 Å². The third-order valence-corrected chi connectivity index (χ3v) is 4.13. The van der Waals surface area contributed by atoms with E-state index < -0.39 is 0 Å². The highest BCUT2D eigenvalue weighted by atomic mass is 16.5. The molecule has 0 bridgehead atoms. The summed E-state index contributed by atoms with van der Waals surface area (Å²) in [6, 6.07) is 13.2. The Bertz CT molecular complexity index is 907. The molecule has 3 aromatic rings. The fraction of sp³-hybridized carbons (Fsp3) is 0.250. The Balaban J connectivity index is 1.89. The molecule has 0 aliphatic carbocycles. The minimum Gasteiger partial charge on any atom is -0.497 e. The maximum Gasteiger partial charge on any atom is 0.336 e. The molecule has 0 amide bonds. The predicted molar refractivity (Wildman–Crippen MR) is 93.9 cm³/mol. The van der Waals surface area contributed by atoms with E-state index in [4.69, 9.17) is 13.9 Å². The van der Waals surface area contributed by atoms with Gasteiger partial charge in [-0.1, -0.05) is 19.1 Å². The zero-order valence-corrected chi connectivity index (χ0v) is 14.1. The SMILES string of the molecule is CCc1cc(=O)oc2c(C)c(OCc3ccc(OC)cc3)ccc12. The van der Waals surface area contributed by atoms with Crippen LogP contribution in [-0.2, 0) is 13.0 Å². The van der Waals surface area contributed by atoms with E-state index in [1.54, 1.807) is 13.2 Å². The molecule has 1 aromatic heterocycles. The molecule has 0 aliphatic heterocycles. The fourth-order valence-corrected chi connectivity index (χ4v) is 2.74. The maximum absolute atomic E-state index is 11.7. The van der Waals surface area contributed by atoms with Crippen LogP contribution in [0.25, 0.3) is 11.0 Å². The van der Waals surface area contributed by atoms with E-state index in [9.17, 15) is 4.79 Å². The Labute approximate surface area is 140 Å². The summed E-state index contributed by atoms with van der Waals surface area (Å²) in [7, 11) is 1.64. The molecule has 0 spiro atoms. The molecule has 0 unspecified atom stereocenters. The third kappa shape index (κ3) is 3.13. The molecule has 4 heteroatoms.